The average molecular weight is 242 g/mol. The number of hydrogen-bond donors (Lipinski definition) is 3. The minimum atomic E-state index is -0.0866. The molecule has 17 heavy (non-hydrogen) atoms. The van der Waals surface area contributed by atoms with Gasteiger partial charge < -0.3 is 15.7 Å². The number of rotatable bonds is 4. The van der Waals surface area contributed by atoms with E-state index < -0.39 is 0 Å². The molecule has 0 heterocycles. The SMILES string of the molecule is C[C@H](CCO)NC(=O)NC1CCCCCCC1. The molecule has 0 spiro atoms. The van der Waals surface area contributed by atoms with Crippen molar-refractivity contribution in [3.63, 3.8) is 0 Å². The van der Waals surface area contributed by atoms with Gasteiger partial charge in [-0.25, -0.2) is 4.79 Å². The van der Waals surface area contributed by atoms with E-state index in [-0.39, 0.29) is 18.7 Å². The van der Waals surface area contributed by atoms with Gasteiger partial charge in [-0.3, -0.25) is 0 Å². The molecule has 0 aliphatic heterocycles. The lowest BCUT2D eigenvalue weighted by Crippen LogP contribution is -2.45. The fraction of sp³-hybridized carbons (Fsp3) is 0.923. The third-order valence-electron chi connectivity index (χ3n) is 3.38. The first-order chi connectivity index (χ1) is 8.22. The van der Waals surface area contributed by atoms with Gasteiger partial charge in [-0.1, -0.05) is 32.1 Å². The summed E-state index contributed by atoms with van der Waals surface area (Å²) in [6.45, 7) is 2.03. The van der Waals surface area contributed by atoms with Gasteiger partial charge in [0.05, 0.1) is 0 Å². The lowest BCUT2D eigenvalue weighted by Gasteiger charge is -2.22. The van der Waals surface area contributed by atoms with Crippen LogP contribution >= 0.6 is 0 Å². The van der Waals surface area contributed by atoms with Crippen LogP contribution in [0.4, 0.5) is 4.79 Å². The zero-order chi connectivity index (χ0) is 12.5. The second-order valence-electron chi connectivity index (χ2n) is 5.07. The number of urea groups is 1. The summed E-state index contributed by atoms with van der Waals surface area (Å²) in [4.78, 5) is 11.7. The molecule has 1 saturated carbocycles. The van der Waals surface area contributed by atoms with E-state index in [4.69, 9.17) is 5.11 Å². The van der Waals surface area contributed by atoms with Crippen LogP contribution in [-0.4, -0.2) is 29.8 Å². The Morgan fingerprint density at radius 2 is 1.82 bits per heavy atom. The molecule has 0 aromatic carbocycles. The molecule has 1 rings (SSSR count). The van der Waals surface area contributed by atoms with Crippen molar-refractivity contribution >= 4 is 6.03 Å². The predicted molar refractivity (Wildman–Crippen MR) is 68.9 cm³/mol. The monoisotopic (exact) mass is 242 g/mol. The zero-order valence-corrected chi connectivity index (χ0v) is 10.9. The van der Waals surface area contributed by atoms with E-state index in [1.165, 1.54) is 32.1 Å². The molecule has 0 aromatic heterocycles. The molecule has 1 atom stereocenters. The Morgan fingerprint density at radius 1 is 1.24 bits per heavy atom. The summed E-state index contributed by atoms with van der Waals surface area (Å²) in [6.07, 6.45) is 9.17. The Hall–Kier alpha value is -0.770. The van der Waals surface area contributed by atoms with E-state index in [2.05, 4.69) is 10.6 Å². The molecule has 100 valence electrons. The highest BCUT2D eigenvalue weighted by molar-refractivity contribution is 5.74. The molecular weight excluding hydrogens is 216 g/mol. The van der Waals surface area contributed by atoms with E-state index in [0.29, 0.717) is 12.5 Å². The van der Waals surface area contributed by atoms with Crippen LogP contribution in [0.1, 0.15) is 58.3 Å². The van der Waals surface area contributed by atoms with Crippen molar-refractivity contribution in [2.24, 2.45) is 0 Å². The van der Waals surface area contributed by atoms with Crippen molar-refractivity contribution < 1.29 is 9.90 Å². The molecule has 4 heteroatoms. The van der Waals surface area contributed by atoms with E-state index in [0.717, 1.165) is 12.8 Å². The second-order valence-corrected chi connectivity index (χ2v) is 5.07. The van der Waals surface area contributed by atoms with Crippen molar-refractivity contribution in [1.29, 1.82) is 0 Å². The minimum absolute atomic E-state index is 0.0357. The van der Waals surface area contributed by atoms with Crippen LogP contribution in [0.15, 0.2) is 0 Å². The van der Waals surface area contributed by atoms with Crippen molar-refractivity contribution in [1.82, 2.24) is 10.6 Å². The Kier molecular flexibility index (Phi) is 7.01. The van der Waals surface area contributed by atoms with E-state index in [1.54, 1.807) is 0 Å². The van der Waals surface area contributed by atoms with Crippen LogP contribution in [0, 0.1) is 0 Å². The number of carbonyl (C=O) groups excluding carboxylic acids is 1. The van der Waals surface area contributed by atoms with Gasteiger partial charge in [0.1, 0.15) is 0 Å². The van der Waals surface area contributed by atoms with Crippen LogP contribution in [0.2, 0.25) is 0 Å². The maximum atomic E-state index is 11.7. The number of carbonyl (C=O) groups is 1. The standard InChI is InChI=1S/C13H26N2O2/c1-11(9-10-16)14-13(17)15-12-7-5-3-2-4-6-8-12/h11-12,16H,2-10H2,1H3,(H2,14,15,17)/t11-/m1/s1. The molecule has 0 aromatic rings. The van der Waals surface area contributed by atoms with Crippen LogP contribution in [0.25, 0.3) is 0 Å². The molecule has 0 unspecified atom stereocenters. The third-order valence-corrected chi connectivity index (χ3v) is 3.38. The molecule has 1 aliphatic carbocycles. The molecule has 1 fully saturated rings. The van der Waals surface area contributed by atoms with Gasteiger partial charge in [-0.15, -0.1) is 0 Å². The van der Waals surface area contributed by atoms with Crippen molar-refractivity contribution in [2.75, 3.05) is 6.61 Å². The van der Waals surface area contributed by atoms with Gasteiger partial charge in [0.15, 0.2) is 0 Å². The first-order valence-corrected chi connectivity index (χ1v) is 6.90. The molecule has 0 bridgehead atoms. The topological polar surface area (TPSA) is 61.4 Å². The van der Waals surface area contributed by atoms with Crippen LogP contribution in [0.5, 0.6) is 0 Å². The highest BCUT2D eigenvalue weighted by Crippen LogP contribution is 2.16. The molecule has 2 amide bonds. The van der Waals surface area contributed by atoms with E-state index in [1.807, 2.05) is 6.92 Å². The van der Waals surface area contributed by atoms with Gasteiger partial charge in [-0.05, 0) is 26.2 Å². The van der Waals surface area contributed by atoms with Crippen molar-refractivity contribution in [3.8, 4) is 0 Å². The van der Waals surface area contributed by atoms with Crippen LogP contribution in [-0.2, 0) is 0 Å². The van der Waals surface area contributed by atoms with Gasteiger partial charge in [-0.2, -0.15) is 0 Å². The lowest BCUT2D eigenvalue weighted by molar-refractivity contribution is 0.225. The normalized spacial score (nSPS) is 20.1. The molecule has 4 nitrogen and oxygen atoms in total. The summed E-state index contributed by atoms with van der Waals surface area (Å²) < 4.78 is 0. The van der Waals surface area contributed by atoms with Gasteiger partial charge in [0, 0.05) is 18.7 Å². The van der Waals surface area contributed by atoms with Crippen LogP contribution in [0.3, 0.4) is 0 Å². The molecular formula is C13H26N2O2. The number of aliphatic hydroxyl groups is 1. The number of nitrogens with one attached hydrogen (secondary N) is 2. The van der Waals surface area contributed by atoms with Crippen LogP contribution < -0.4 is 10.6 Å². The summed E-state index contributed by atoms with van der Waals surface area (Å²) in [6, 6.07) is 0.279. The highest BCUT2D eigenvalue weighted by Gasteiger charge is 2.14. The van der Waals surface area contributed by atoms with Gasteiger partial charge in [0.2, 0.25) is 0 Å². The Balaban J connectivity index is 2.23. The maximum Gasteiger partial charge on any atom is 0.315 e. The molecule has 3 N–H and O–H groups in total. The van der Waals surface area contributed by atoms with E-state index >= 15 is 0 Å². The van der Waals surface area contributed by atoms with E-state index in [9.17, 15) is 4.79 Å². The fourth-order valence-electron chi connectivity index (χ4n) is 2.32. The number of hydrogen-bond acceptors (Lipinski definition) is 2. The smallest absolute Gasteiger partial charge is 0.315 e. The maximum absolute atomic E-state index is 11.7. The lowest BCUT2D eigenvalue weighted by atomic mass is 9.97. The first-order valence-electron chi connectivity index (χ1n) is 6.90. The van der Waals surface area contributed by atoms with Gasteiger partial charge in [0.25, 0.3) is 0 Å². The molecule has 0 saturated heterocycles. The summed E-state index contributed by atoms with van der Waals surface area (Å²) in [5.41, 5.74) is 0. The zero-order valence-electron chi connectivity index (χ0n) is 10.9. The number of amides is 2. The summed E-state index contributed by atoms with van der Waals surface area (Å²) >= 11 is 0. The summed E-state index contributed by atoms with van der Waals surface area (Å²) in [5, 5.41) is 14.7. The molecule has 1 aliphatic rings. The average Bonchev–Trinajstić information content (AvgIpc) is 2.22. The Bertz CT molecular complexity index is 213. The van der Waals surface area contributed by atoms with Crippen molar-refractivity contribution in [3.05, 3.63) is 0 Å². The second kappa shape index (κ2) is 8.34. The van der Waals surface area contributed by atoms with Gasteiger partial charge >= 0.3 is 6.03 Å². The summed E-state index contributed by atoms with van der Waals surface area (Å²) in [7, 11) is 0. The quantitative estimate of drug-likeness (QED) is 0.707. The third kappa shape index (κ3) is 6.51. The summed E-state index contributed by atoms with van der Waals surface area (Å²) in [5.74, 6) is 0. The number of aliphatic hydroxyl groups excluding tert-OH is 1. The molecule has 0 radical (unpaired) electrons. The fourth-order valence-corrected chi connectivity index (χ4v) is 2.32. The highest BCUT2D eigenvalue weighted by atomic mass is 16.3. The first kappa shape index (κ1) is 14.3. The largest absolute Gasteiger partial charge is 0.396 e. The Labute approximate surface area is 104 Å². The minimum Gasteiger partial charge on any atom is -0.396 e. The predicted octanol–water partition coefficient (Wildman–Crippen LogP) is 2.17. The Morgan fingerprint density at radius 3 is 2.41 bits per heavy atom. The van der Waals surface area contributed by atoms with Crippen molar-refractivity contribution in [2.45, 2.75) is 70.4 Å².